The minimum Gasteiger partial charge on any atom is -0.507 e. The fraction of sp³-hybridized carbons (Fsp3) is 0.364. The van der Waals surface area contributed by atoms with Gasteiger partial charge in [-0.05, 0) is 46.7 Å². The van der Waals surface area contributed by atoms with Crippen molar-refractivity contribution in [1.82, 2.24) is 5.32 Å². The highest BCUT2D eigenvalue weighted by atomic mass is 127. The van der Waals surface area contributed by atoms with Gasteiger partial charge in [-0.3, -0.25) is 4.79 Å². The fourth-order valence-electron chi connectivity index (χ4n) is 1.08. The van der Waals surface area contributed by atoms with Crippen LogP contribution in [0.2, 0.25) is 0 Å². The number of amides is 1. The summed E-state index contributed by atoms with van der Waals surface area (Å²) in [5.41, 5.74) is 0.458. The average Bonchev–Trinajstić information content (AvgIpc) is 2.29. The predicted octanol–water partition coefficient (Wildman–Crippen LogP) is 2.60. The molecular formula is C11H13ClINO2. The van der Waals surface area contributed by atoms with E-state index in [2.05, 4.69) is 5.32 Å². The highest BCUT2D eigenvalue weighted by molar-refractivity contribution is 14.1. The minimum absolute atomic E-state index is 0.124. The lowest BCUT2D eigenvalue weighted by molar-refractivity contribution is 0.0949. The first kappa shape index (κ1) is 13.6. The topological polar surface area (TPSA) is 49.3 Å². The van der Waals surface area contributed by atoms with Gasteiger partial charge >= 0.3 is 0 Å². The standard InChI is InChI=1S/C11H13ClINO2/c1-7(5-12)6-14-11(16)8-2-3-9(13)10(15)4-8/h2-4,7,15H,5-6H2,1H3,(H,14,16). The summed E-state index contributed by atoms with van der Waals surface area (Å²) < 4.78 is 0.725. The van der Waals surface area contributed by atoms with E-state index in [9.17, 15) is 9.90 Å². The van der Waals surface area contributed by atoms with Crippen molar-refractivity contribution in [2.75, 3.05) is 12.4 Å². The Kier molecular flexibility index (Phi) is 5.34. The number of benzene rings is 1. The molecule has 0 spiro atoms. The van der Waals surface area contributed by atoms with Crippen molar-refractivity contribution in [3.8, 4) is 5.75 Å². The van der Waals surface area contributed by atoms with E-state index in [0.29, 0.717) is 18.0 Å². The molecular weight excluding hydrogens is 340 g/mol. The number of phenolic OH excluding ortho intramolecular Hbond substituents is 1. The van der Waals surface area contributed by atoms with Crippen LogP contribution in [0, 0.1) is 9.49 Å². The number of hydrogen-bond acceptors (Lipinski definition) is 2. The molecule has 0 aliphatic heterocycles. The molecule has 1 atom stereocenters. The molecule has 1 rings (SSSR count). The van der Waals surface area contributed by atoms with Crippen LogP contribution in [0.5, 0.6) is 5.75 Å². The van der Waals surface area contributed by atoms with E-state index < -0.39 is 0 Å². The lowest BCUT2D eigenvalue weighted by atomic mass is 10.2. The van der Waals surface area contributed by atoms with Crippen molar-refractivity contribution in [2.45, 2.75) is 6.92 Å². The van der Waals surface area contributed by atoms with Crippen LogP contribution in [0.15, 0.2) is 18.2 Å². The molecule has 0 bridgehead atoms. The molecule has 88 valence electrons. The summed E-state index contributed by atoms with van der Waals surface area (Å²) in [6.07, 6.45) is 0. The van der Waals surface area contributed by atoms with Crippen LogP contribution in [0.3, 0.4) is 0 Å². The quantitative estimate of drug-likeness (QED) is 0.646. The summed E-state index contributed by atoms with van der Waals surface area (Å²) in [6, 6.07) is 4.85. The maximum Gasteiger partial charge on any atom is 0.251 e. The van der Waals surface area contributed by atoms with E-state index in [0.717, 1.165) is 3.57 Å². The number of nitrogens with one attached hydrogen (secondary N) is 1. The van der Waals surface area contributed by atoms with Gasteiger partial charge in [-0.2, -0.15) is 0 Å². The molecule has 16 heavy (non-hydrogen) atoms. The van der Waals surface area contributed by atoms with Crippen LogP contribution >= 0.6 is 34.2 Å². The summed E-state index contributed by atoms with van der Waals surface area (Å²) in [6.45, 7) is 2.49. The summed E-state index contributed by atoms with van der Waals surface area (Å²) in [5, 5.41) is 12.2. The van der Waals surface area contributed by atoms with Crippen molar-refractivity contribution in [1.29, 1.82) is 0 Å². The molecule has 0 heterocycles. The van der Waals surface area contributed by atoms with Gasteiger partial charge in [-0.15, -0.1) is 11.6 Å². The maximum atomic E-state index is 11.7. The van der Waals surface area contributed by atoms with Gasteiger partial charge in [-0.1, -0.05) is 6.92 Å². The summed E-state index contributed by atoms with van der Waals surface area (Å²) in [5.74, 6) is 0.684. The number of halogens is 2. The Balaban J connectivity index is 2.63. The van der Waals surface area contributed by atoms with Crippen molar-refractivity contribution < 1.29 is 9.90 Å². The first-order valence-electron chi connectivity index (χ1n) is 4.87. The van der Waals surface area contributed by atoms with Crippen LogP contribution in [-0.4, -0.2) is 23.4 Å². The smallest absolute Gasteiger partial charge is 0.251 e. The van der Waals surface area contributed by atoms with Gasteiger partial charge < -0.3 is 10.4 Å². The Morgan fingerprint density at radius 3 is 2.88 bits per heavy atom. The third kappa shape index (κ3) is 3.83. The van der Waals surface area contributed by atoms with Crippen molar-refractivity contribution in [3.63, 3.8) is 0 Å². The summed E-state index contributed by atoms with van der Waals surface area (Å²) in [4.78, 5) is 11.7. The number of carbonyl (C=O) groups is 1. The number of carbonyl (C=O) groups excluding carboxylic acids is 1. The molecule has 1 aromatic rings. The van der Waals surface area contributed by atoms with Crippen LogP contribution < -0.4 is 5.32 Å². The Labute approximate surface area is 113 Å². The van der Waals surface area contributed by atoms with Gasteiger partial charge in [0, 0.05) is 18.0 Å². The highest BCUT2D eigenvalue weighted by Crippen LogP contribution is 2.20. The van der Waals surface area contributed by atoms with Gasteiger partial charge in [0.25, 0.3) is 5.91 Å². The van der Waals surface area contributed by atoms with E-state index in [4.69, 9.17) is 11.6 Å². The van der Waals surface area contributed by atoms with Crippen LogP contribution in [-0.2, 0) is 0 Å². The second kappa shape index (κ2) is 6.30. The van der Waals surface area contributed by atoms with Gasteiger partial charge in [0.2, 0.25) is 0 Å². The first-order chi connectivity index (χ1) is 7.54. The van der Waals surface area contributed by atoms with Crippen molar-refractivity contribution >= 4 is 40.1 Å². The zero-order chi connectivity index (χ0) is 12.1. The molecule has 0 saturated carbocycles. The largest absolute Gasteiger partial charge is 0.507 e. The molecule has 0 radical (unpaired) electrons. The summed E-state index contributed by atoms with van der Waals surface area (Å²) >= 11 is 7.64. The average molecular weight is 354 g/mol. The summed E-state index contributed by atoms with van der Waals surface area (Å²) in [7, 11) is 0. The normalized spacial score (nSPS) is 12.2. The predicted molar refractivity (Wildman–Crippen MR) is 73.0 cm³/mol. The third-order valence-corrected chi connectivity index (χ3v) is 3.52. The Hall–Kier alpha value is -0.490. The van der Waals surface area contributed by atoms with E-state index in [1.54, 1.807) is 12.1 Å². The van der Waals surface area contributed by atoms with Crippen LogP contribution in [0.25, 0.3) is 0 Å². The number of phenols is 1. The SMILES string of the molecule is CC(CCl)CNC(=O)c1ccc(I)c(O)c1. The molecule has 5 heteroatoms. The lowest BCUT2D eigenvalue weighted by Gasteiger charge is -2.09. The van der Waals surface area contributed by atoms with E-state index in [1.165, 1.54) is 6.07 Å². The van der Waals surface area contributed by atoms with Gasteiger partial charge in [0.05, 0.1) is 3.57 Å². The second-order valence-electron chi connectivity index (χ2n) is 3.64. The van der Waals surface area contributed by atoms with Gasteiger partial charge in [0.1, 0.15) is 5.75 Å². The molecule has 1 aromatic carbocycles. The fourth-order valence-corrected chi connectivity index (χ4v) is 1.52. The van der Waals surface area contributed by atoms with Crippen LogP contribution in [0.4, 0.5) is 0 Å². The monoisotopic (exact) mass is 353 g/mol. The van der Waals surface area contributed by atoms with E-state index in [-0.39, 0.29) is 17.6 Å². The van der Waals surface area contributed by atoms with E-state index >= 15 is 0 Å². The lowest BCUT2D eigenvalue weighted by Crippen LogP contribution is -2.28. The Bertz CT molecular complexity index is 384. The number of alkyl halides is 1. The molecule has 0 aromatic heterocycles. The molecule has 0 fully saturated rings. The Morgan fingerprint density at radius 2 is 2.31 bits per heavy atom. The molecule has 3 nitrogen and oxygen atoms in total. The third-order valence-electron chi connectivity index (χ3n) is 2.08. The highest BCUT2D eigenvalue weighted by Gasteiger charge is 2.09. The molecule has 1 unspecified atom stereocenters. The van der Waals surface area contributed by atoms with E-state index in [1.807, 2.05) is 29.5 Å². The molecule has 2 N–H and O–H groups in total. The van der Waals surface area contributed by atoms with Crippen molar-refractivity contribution in [3.05, 3.63) is 27.3 Å². The maximum absolute atomic E-state index is 11.7. The molecule has 0 aliphatic carbocycles. The number of aromatic hydroxyl groups is 1. The first-order valence-corrected chi connectivity index (χ1v) is 6.48. The molecule has 1 amide bonds. The zero-order valence-electron chi connectivity index (χ0n) is 8.84. The Morgan fingerprint density at radius 1 is 1.62 bits per heavy atom. The molecule has 0 aliphatic rings. The van der Waals surface area contributed by atoms with Gasteiger partial charge in [0.15, 0.2) is 0 Å². The van der Waals surface area contributed by atoms with Crippen molar-refractivity contribution in [2.24, 2.45) is 5.92 Å². The van der Waals surface area contributed by atoms with Gasteiger partial charge in [-0.25, -0.2) is 0 Å². The van der Waals surface area contributed by atoms with Crippen LogP contribution in [0.1, 0.15) is 17.3 Å². The minimum atomic E-state index is -0.191. The number of hydrogen-bond donors (Lipinski definition) is 2. The number of rotatable bonds is 4. The molecule has 0 saturated heterocycles. The zero-order valence-corrected chi connectivity index (χ0v) is 11.7. The second-order valence-corrected chi connectivity index (χ2v) is 5.11.